The van der Waals surface area contributed by atoms with Crippen molar-refractivity contribution in [1.82, 2.24) is 10.2 Å². The smallest absolute Gasteiger partial charge is 0.231 e. The lowest BCUT2D eigenvalue weighted by Crippen LogP contribution is -2.48. The van der Waals surface area contributed by atoms with Crippen LogP contribution in [0.25, 0.3) is 0 Å². The molecule has 4 rings (SSSR count). The molecule has 3 aliphatic rings. The summed E-state index contributed by atoms with van der Waals surface area (Å²) in [6, 6.07) is 6.26. The van der Waals surface area contributed by atoms with E-state index in [1.807, 2.05) is 6.07 Å². The number of ether oxygens (including phenoxy) is 3. The van der Waals surface area contributed by atoms with Gasteiger partial charge in [-0.2, -0.15) is 0 Å². The van der Waals surface area contributed by atoms with E-state index in [1.165, 1.54) is 5.56 Å². The first-order valence-electron chi connectivity index (χ1n) is 11.4. The second-order valence-corrected chi connectivity index (χ2v) is 8.76. The number of nitrogens with zero attached hydrogens (tertiary/aromatic N) is 2. The summed E-state index contributed by atoms with van der Waals surface area (Å²) >= 11 is 0. The molecule has 0 aliphatic carbocycles. The zero-order chi connectivity index (χ0) is 21.7. The zero-order valence-corrected chi connectivity index (χ0v) is 18.4. The number of hydrogen-bond acceptors (Lipinski definition) is 5. The molecule has 0 bridgehead atoms. The highest BCUT2D eigenvalue weighted by molar-refractivity contribution is 5.80. The van der Waals surface area contributed by atoms with Crippen LogP contribution < -0.4 is 20.5 Å². The third-order valence-corrected chi connectivity index (χ3v) is 6.61. The maximum atomic E-state index is 11.4. The topological polar surface area (TPSA) is 98.4 Å². The average Bonchev–Trinajstić information content (AvgIpc) is 3.25. The number of amides is 1. The molecule has 1 aromatic rings. The van der Waals surface area contributed by atoms with E-state index in [-0.39, 0.29) is 18.1 Å². The Morgan fingerprint density at radius 1 is 1.29 bits per heavy atom. The normalized spacial score (nSPS) is 22.9. The van der Waals surface area contributed by atoms with Crippen LogP contribution in [0.15, 0.2) is 23.2 Å². The number of primary amides is 1. The Morgan fingerprint density at radius 2 is 2.10 bits per heavy atom. The molecule has 3 N–H and O–H groups in total. The number of fused-ring (bicyclic) bond motifs is 1. The van der Waals surface area contributed by atoms with Crippen molar-refractivity contribution in [1.29, 1.82) is 0 Å². The summed E-state index contributed by atoms with van der Waals surface area (Å²) < 4.78 is 16.8. The fourth-order valence-corrected chi connectivity index (χ4v) is 4.89. The minimum Gasteiger partial charge on any atom is -0.454 e. The number of piperidine rings is 1. The van der Waals surface area contributed by atoms with E-state index in [2.05, 4.69) is 29.3 Å². The van der Waals surface area contributed by atoms with Crippen LogP contribution in [0.5, 0.6) is 11.5 Å². The third kappa shape index (κ3) is 5.06. The molecule has 170 valence electrons. The molecule has 3 aliphatic heterocycles. The molecular formula is C23H34N4O4. The van der Waals surface area contributed by atoms with Crippen LogP contribution >= 0.6 is 0 Å². The number of nitrogens with two attached hydrogens (primary N) is 1. The fraction of sp³-hybridized carbons (Fsp3) is 0.652. The van der Waals surface area contributed by atoms with Crippen molar-refractivity contribution >= 4 is 11.9 Å². The number of carbonyl (C=O) groups is 1. The predicted molar refractivity (Wildman–Crippen MR) is 118 cm³/mol. The second kappa shape index (κ2) is 9.77. The third-order valence-electron chi connectivity index (χ3n) is 6.61. The molecule has 0 saturated carbocycles. The lowest BCUT2D eigenvalue weighted by molar-refractivity contribution is -0.119. The highest BCUT2D eigenvalue weighted by atomic mass is 16.7. The number of rotatable bonds is 6. The molecule has 1 aromatic carbocycles. The Balaban J connectivity index is 1.55. The molecule has 1 unspecified atom stereocenters. The molecule has 2 saturated heterocycles. The monoisotopic (exact) mass is 430 g/mol. The number of carbonyl (C=O) groups excluding carboxylic acids is 1. The van der Waals surface area contributed by atoms with Gasteiger partial charge in [-0.1, -0.05) is 6.07 Å². The van der Waals surface area contributed by atoms with Gasteiger partial charge in [0, 0.05) is 44.7 Å². The van der Waals surface area contributed by atoms with Gasteiger partial charge >= 0.3 is 0 Å². The van der Waals surface area contributed by atoms with E-state index in [1.54, 1.807) is 0 Å². The van der Waals surface area contributed by atoms with Gasteiger partial charge in [0.25, 0.3) is 0 Å². The molecule has 0 spiro atoms. The summed E-state index contributed by atoms with van der Waals surface area (Å²) in [6.07, 6.45) is 4.36. The number of aliphatic imine (C=N–C) groups is 1. The minimum atomic E-state index is -0.224. The standard InChI is InChI=1S/C23H34N4O4/c1-2-25-22(27-9-3-4-17(14-27)12-21(24)28)26-15-23(7-10-29-11-8-23)18-5-6-19-20(13-18)31-16-30-19/h5-6,13,17H,2-4,7-12,14-16H2,1H3,(H2,24,28)(H,25,26). The Kier molecular flexibility index (Phi) is 6.85. The van der Waals surface area contributed by atoms with Crippen LogP contribution in [0.2, 0.25) is 0 Å². The van der Waals surface area contributed by atoms with E-state index < -0.39 is 0 Å². The zero-order valence-electron chi connectivity index (χ0n) is 18.4. The van der Waals surface area contributed by atoms with Crippen molar-refractivity contribution in [2.24, 2.45) is 16.6 Å². The lowest BCUT2D eigenvalue weighted by Gasteiger charge is -2.38. The van der Waals surface area contributed by atoms with Gasteiger partial charge in [-0.15, -0.1) is 0 Å². The van der Waals surface area contributed by atoms with Crippen molar-refractivity contribution in [3.05, 3.63) is 23.8 Å². The van der Waals surface area contributed by atoms with Crippen molar-refractivity contribution in [3.63, 3.8) is 0 Å². The van der Waals surface area contributed by atoms with Gasteiger partial charge in [0.2, 0.25) is 12.7 Å². The molecule has 8 nitrogen and oxygen atoms in total. The quantitative estimate of drug-likeness (QED) is 0.529. The Labute approximate surface area is 184 Å². The first-order chi connectivity index (χ1) is 15.1. The van der Waals surface area contributed by atoms with Gasteiger partial charge in [-0.05, 0) is 56.2 Å². The fourth-order valence-electron chi connectivity index (χ4n) is 4.89. The molecule has 8 heteroatoms. The van der Waals surface area contributed by atoms with Crippen molar-refractivity contribution in [2.45, 2.75) is 44.4 Å². The second-order valence-electron chi connectivity index (χ2n) is 8.76. The van der Waals surface area contributed by atoms with Gasteiger partial charge in [-0.25, -0.2) is 0 Å². The lowest BCUT2D eigenvalue weighted by atomic mass is 9.74. The highest BCUT2D eigenvalue weighted by Gasteiger charge is 2.36. The number of nitrogens with one attached hydrogen (secondary N) is 1. The predicted octanol–water partition coefficient (Wildman–Crippen LogP) is 2.02. The molecular weight excluding hydrogens is 396 g/mol. The molecule has 1 atom stereocenters. The molecule has 1 amide bonds. The largest absolute Gasteiger partial charge is 0.454 e. The van der Waals surface area contributed by atoms with E-state index in [9.17, 15) is 4.79 Å². The summed E-state index contributed by atoms with van der Waals surface area (Å²) in [4.78, 5) is 18.8. The van der Waals surface area contributed by atoms with Crippen LogP contribution in [-0.2, 0) is 14.9 Å². The van der Waals surface area contributed by atoms with E-state index in [0.717, 1.165) is 76.0 Å². The molecule has 0 aromatic heterocycles. The maximum absolute atomic E-state index is 11.4. The first-order valence-corrected chi connectivity index (χ1v) is 11.4. The summed E-state index contributed by atoms with van der Waals surface area (Å²) in [5.74, 6) is 2.60. The molecule has 31 heavy (non-hydrogen) atoms. The highest BCUT2D eigenvalue weighted by Crippen LogP contribution is 2.41. The maximum Gasteiger partial charge on any atom is 0.231 e. The SMILES string of the molecule is CCNC(=NCC1(c2ccc3c(c2)OCO3)CCOCC1)N1CCCC(CC(N)=O)C1. The van der Waals surface area contributed by atoms with Crippen molar-refractivity contribution in [3.8, 4) is 11.5 Å². The van der Waals surface area contributed by atoms with Crippen molar-refractivity contribution < 1.29 is 19.0 Å². The minimum absolute atomic E-state index is 0.0949. The molecule has 3 heterocycles. The Bertz CT molecular complexity index is 807. The van der Waals surface area contributed by atoms with Crippen molar-refractivity contribution in [2.75, 3.05) is 46.2 Å². The first kappa shape index (κ1) is 21.7. The average molecular weight is 431 g/mol. The van der Waals surface area contributed by atoms with Crippen LogP contribution in [0.1, 0.15) is 44.6 Å². The summed E-state index contributed by atoms with van der Waals surface area (Å²) in [5, 5.41) is 3.46. The van der Waals surface area contributed by atoms with Gasteiger partial charge in [0.05, 0.1) is 6.54 Å². The van der Waals surface area contributed by atoms with Crippen LogP contribution in [0.3, 0.4) is 0 Å². The number of benzene rings is 1. The summed E-state index contributed by atoms with van der Waals surface area (Å²) in [7, 11) is 0. The van der Waals surface area contributed by atoms with Crippen LogP contribution in [0, 0.1) is 5.92 Å². The number of guanidine groups is 1. The summed E-state index contributed by atoms with van der Waals surface area (Å²) in [6.45, 7) is 7.05. The van der Waals surface area contributed by atoms with Gasteiger partial charge in [-0.3, -0.25) is 9.79 Å². The van der Waals surface area contributed by atoms with Gasteiger partial charge < -0.3 is 30.2 Å². The Hall–Kier alpha value is -2.48. The summed E-state index contributed by atoms with van der Waals surface area (Å²) in [5.41, 5.74) is 6.58. The van der Waals surface area contributed by atoms with Gasteiger partial charge in [0.15, 0.2) is 17.5 Å². The van der Waals surface area contributed by atoms with Crippen LogP contribution in [0.4, 0.5) is 0 Å². The Morgan fingerprint density at radius 3 is 2.87 bits per heavy atom. The number of hydrogen-bond donors (Lipinski definition) is 2. The van der Waals surface area contributed by atoms with E-state index >= 15 is 0 Å². The molecule has 0 radical (unpaired) electrons. The molecule has 2 fully saturated rings. The van der Waals surface area contributed by atoms with Gasteiger partial charge in [0.1, 0.15) is 0 Å². The van der Waals surface area contributed by atoms with Crippen LogP contribution in [-0.4, -0.2) is 63.0 Å². The number of likely N-dealkylation sites (tertiary alicyclic amines) is 1. The van der Waals surface area contributed by atoms with E-state index in [4.69, 9.17) is 24.9 Å². The van der Waals surface area contributed by atoms with E-state index in [0.29, 0.717) is 18.9 Å².